The predicted molar refractivity (Wildman–Crippen MR) is 43.8 cm³/mol. The van der Waals surface area contributed by atoms with Crippen molar-refractivity contribution in [2.45, 2.75) is 39.2 Å². The van der Waals surface area contributed by atoms with Crippen molar-refractivity contribution in [1.29, 1.82) is 0 Å². The smallest absolute Gasteiger partial charge is 0.0680 e. The second kappa shape index (κ2) is 3.94. The van der Waals surface area contributed by atoms with Gasteiger partial charge >= 0.3 is 0 Å². The topological polar surface area (TPSA) is 46.2 Å². The fourth-order valence-electron chi connectivity index (χ4n) is 1.17. The van der Waals surface area contributed by atoms with Crippen molar-refractivity contribution in [2.24, 2.45) is 11.7 Å². The molecule has 2 nitrogen and oxygen atoms in total. The molecule has 3 N–H and O–H groups in total. The van der Waals surface area contributed by atoms with Crippen LogP contribution in [-0.4, -0.2) is 17.3 Å². The maximum atomic E-state index is 9.82. The van der Waals surface area contributed by atoms with Gasteiger partial charge in [0.2, 0.25) is 0 Å². The molecule has 0 bridgehead atoms. The molecule has 2 heteroatoms. The zero-order chi connectivity index (χ0) is 8.20. The molecule has 10 heavy (non-hydrogen) atoms. The third-order valence-corrected chi connectivity index (χ3v) is 2.50. The molecule has 0 aromatic carbocycles. The van der Waals surface area contributed by atoms with Crippen LogP contribution in [0.4, 0.5) is 0 Å². The lowest BCUT2D eigenvalue weighted by Gasteiger charge is -2.31. The molecule has 1 atom stereocenters. The van der Waals surface area contributed by atoms with Gasteiger partial charge in [-0.3, -0.25) is 0 Å². The van der Waals surface area contributed by atoms with E-state index in [4.69, 9.17) is 5.73 Å². The standard InChI is InChI=1S/C8H19NO/c1-4-8(10,5-2)7(3)6-9/h7,10H,4-6,9H2,1-3H3. The lowest BCUT2D eigenvalue weighted by molar-refractivity contribution is -0.0155. The Labute approximate surface area is 63.4 Å². The van der Waals surface area contributed by atoms with E-state index in [9.17, 15) is 5.11 Å². The van der Waals surface area contributed by atoms with E-state index < -0.39 is 5.60 Å². The third-order valence-electron chi connectivity index (χ3n) is 2.50. The van der Waals surface area contributed by atoms with Crippen LogP contribution in [0.3, 0.4) is 0 Å². The van der Waals surface area contributed by atoms with Gasteiger partial charge in [0.25, 0.3) is 0 Å². The van der Waals surface area contributed by atoms with Gasteiger partial charge in [-0.15, -0.1) is 0 Å². The molecule has 0 heterocycles. The quantitative estimate of drug-likeness (QED) is 0.623. The summed E-state index contributed by atoms with van der Waals surface area (Å²) >= 11 is 0. The molecule has 0 radical (unpaired) electrons. The average Bonchev–Trinajstić information content (AvgIpc) is 2.01. The van der Waals surface area contributed by atoms with E-state index in [1.165, 1.54) is 0 Å². The lowest BCUT2D eigenvalue weighted by atomic mass is 9.84. The van der Waals surface area contributed by atoms with E-state index in [1.54, 1.807) is 0 Å². The number of nitrogens with two attached hydrogens (primary N) is 1. The van der Waals surface area contributed by atoms with Gasteiger partial charge in [0.05, 0.1) is 5.60 Å². The van der Waals surface area contributed by atoms with E-state index in [0.29, 0.717) is 6.54 Å². The fraction of sp³-hybridized carbons (Fsp3) is 1.00. The van der Waals surface area contributed by atoms with Crippen LogP contribution >= 0.6 is 0 Å². The average molecular weight is 145 g/mol. The van der Waals surface area contributed by atoms with Gasteiger partial charge in [0.15, 0.2) is 0 Å². The van der Waals surface area contributed by atoms with E-state index in [0.717, 1.165) is 12.8 Å². The van der Waals surface area contributed by atoms with Crippen LogP contribution in [0.15, 0.2) is 0 Å². The maximum Gasteiger partial charge on any atom is 0.0680 e. The van der Waals surface area contributed by atoms with E-state index in [2.05, 4.69) is 0 Å². The van der Waals surface area contributed by atoms with Crippen molar-refractivity contribution in [1.82, 2.24) is 0 Å². The van der Waals surface area contributed by atoms with Crippen molar-refractivity contribution in [2.75, 3.05) is 6.54 Å². The zero-order valence-electron chi connectivity index (χ0n) is 7.22. The molecule has 0 aliphatic heterocycles. The van der Waals surface area contributed by atoms with Gasteiger partial charge in [0.1, 0.15) is 0 Å². The molecular formula is C8H19NO. The first-order valence-electron chi connectivity index (χ1n) is 4.03. The Morgan fingerprint density at radius 3 is 1.90 bits per heavy atom. The van der Waals surface area contributed by atoms with Crippen molar-refractivity contribution >= 4 is 0 Å². The molecule has 0 rings (SSSR count). The number of hydrogen-bond acceptors (Lipinski definition) is 2. The van der Waals surface area contributed by atoms with Crippen LogP contribution in [0, 0.1) is 5.92 Å². The summed E-state index contributed by atoms with van der Waals surface area (Å²) < 4.78 is 0. The molecule has 0 aliphatic rings. The summed E-state index contributed by atoms with van der Waals surface area (Å²) in [6, 6.07) is 0. The molecule has 0 aromatic heterocycles. The molecule has 62 valence electrons. The summed E-state index contributed by atoms with van der Waals surface area (Å²) in [7, 11) is 0. The van der Waals surface area contributed by atoms with Crippen LogP contribution in [0.5, 0.6) is 0 Å². The first-order chi connectivity index (χ1) is 4.60. The Bertz CT molecular complexity index is 89.3. The molecular weight excluding hydrogens is 126 g/mol. The van der Waals surface area contributed by atoms with Gasteiger partial charge in [-0.1, -0.05) is 20.8 Å². The highest BCUT2D eigenvalue weighted by atomic mass is 16.3. The Balaban J connectivity index is 4.02. The molecule has 0 aliphatic carbocycles. The van der Waals surface area contributed by atoms with Crippen molar-refractivity contribution in [3.63, 3.8) is 0 Å². The Hall–Kier alpha value is -0.0800. The lowest BCUT2D eigenvalue weighted by Crippen LogP contribution is -2.39. The summed E-state index contributed by atoms with van der Waals surface area (Å²) in [5, 5.41) is 9.82. The minimum Gasteiger partial charge on any atom is -0.390 e. The second-order valence-electron chi connectivity index (χ2n) is 2.95. The van der Waals surface area contributed by atoms with Crippen LogP contribution in [0.2, 0.25) is 0 Å². The summed E-state index contributed by atoms with van der Waals surface area (Å²) in [5.41, 5.74) is 4.92. The van der Waals surface area contributed by atoms with E-state index in [-0.39, 0.29) is 5.92 Å². The van der Waals surface area contributed by atoms with Gasteiger partial charge < -0.3 is 10.8 Å². The number of rotatable bonds is 4. The van der Waals surface area contributed by atoms with E-state index >= 15 is 0 Å². The summed E-state index contributed by atoms with van der Waals surface area (Å²) in [6.07, 6.45) is 1.59. The molecule has 0 amide bonds. The van der Waals surface area contributed by atoms with Gasteiger partial charge in [-0.2, -0.15) is 0 Å². The van der Waals surface area contributed by atoms with Crippen LogP contribution in [0.25, 0.3) is 0 Å². The van der Waals surface area contributed by atoms with Crippen molar-refractivity contribution < 1.29 is 5.11 Å². The Morgan fingerprint density at radius 1 is 1.40 bits per heavy atom. The molecule has 0 fully saturated rings. The Morgan fingerprint density at radius 2 is 1.80 bits per heavy atom. The minimum absolute atomic E-state index is 0.211. The minimum atomic E-state index is -0.533. The highest BCUT2D eigenvalue weighted by Gasteiger charge is 2.28. The Kier molecular flexibility index (Phi) is 3.91. The van der Waals surface area contributed by atoms with Crippen molar-refractivity contribution in [3.05, 3.63) is 0 Å². The van der Waals surface area contributed by atoms with Gasteiger partial charge in [-0.25, -0.2) is 0 Å². The third kappa shape index (κ3) is 1.96. The van der Waals surface area contributed by atoms with Crippen molar-refractivity contribution in [3.8, 4) is 0 Å². The van der Waals surface area contributed by atoms with Crippen LogP contribution in [0.1, 0.15) is 33.6 Å². The first kappa shape index (κ1) is 9.92. The van der Waals surface area contributed by atoms with Gasteiger partial charge in [0, 0.05) is 0 Å². The number of hydrogen-bond donors (Lipinski definition) is 2. The molecule has 0 saturated heterocycles. The second-order valence-corrected chi connectivity index (χ2v) is 2.95. The van der Waals surface area contributed by atoms with Gasteiger partial charge in [-0.05, 0) is 25.3 Å². The summed E-state index contributed by atoms with van der Waals surface area (Å²) in [4.78, 5) is 0. The SMILES string of the molecule is CCC(O)(CC)C(C)CN. The molecule has 0 spiro atoms. The molecule has 1 unspecified atom stereocenters. The monoisotopic (exact) mass is 145 g/mol. The zero-order valence-corrected chi connectivity index (χ0v) is 7.22. The van der Waals surface area contributed by atoms with E-state index in [1.807, 2.05) is 20.8 Å². The summed E-state index contributed by atoms with van der Waals surface area (Å²) in [6.45, 7) is 6.55. The largest absolute Gasteiger partial charge is 0.390 e. The summed E-state index contributed by atoms with van der Waals surface area (Å²) in [5.74, 6) is 0.211. The van der Waals surface area contributed by atoms with Crippen LogP contribution < -0.4 is 5.73 Å². The highest BCUT2D eigenvalue weighted by Crippen LogP contribution is 2.23. The molecule has 0 aromatic rings. The maximum absolute atomic E-state index is 9.82. The normalized spacial score (nSPS) is 15.3. The van der Waals surface area contributed by atoms with Crippen LogP contribution in [-0.2, 0) is 0 Å². The first-order valence-corrected chi connectivity index (χ1v) is 4.03. The fourth-order valence-corrected chi connectivity index (χ4v) is 1.17. The number of aliphatic hydroxyl groups is 1. The predicted octanol–water partition coefficient (Wildman–Crippen LogP) is 1.13. The highest BCUT2D eigenvalue weighted by molar-refractivity contribution is 4.81. The molecule has 0 saturated carbocycles.